The molecule has 1 heterocycles. The summed E-state index contributed by atoms with van der Waals surface area (Å²) in [7, 11) is 0. The highest BCUT2D eigenvalue weighted by Crippen LogP contribution is 2.15. The lowest BCUT2D eigenvalue weighted by Crippen LogP contribution is -2.31. The maximum Gasteiger partial charge on any atom is 0.256 e. The molecule has 1 N–H and O–H groups in total. The molecule has 1 atom stereocenters. The van der Waals surface area contributed by atoms with Crippen molar-refractivity contribution < 1.29 is 9.84 Å². The van der Waals surface area contributed by atoms with E-state index in [9.17, 15) is 9.90 Å². The Kier molecular flexibility index (Phi) is 5.71. The first kappa shape index (κ1) is 16.7. The summed E-state index contributed by atoms with van der Waals surface area (Å²) < 4.78 is 6.85. The van der Waals surface area contributed by atoms with E-state index in [1.54, 1.807) is 19.9 Å². The van der Waals surface area contributed by atoms with Gasteiger partial charge in [0.05, 0.1) is 32.2 Å². The van der Waals surface area contributed by atoms with Crippen LogP contribution in [0.25, 0.3) is 0 Å². The standard InChI is InChI=1S/C16H19ClN2O3/c1-11-12(2)18-10-19(16(11)21)7-14(20)9-22-8-13-5-3-4-6-15(13)17/h3-6,10,14,20H,7-9H2,1-2H3/t14-/m0/s1. The quantitative estimate of drug-likeness (QED) is 0.884. The number of benzene rings is 1. The molecular weight excluding hydrogens is 304 g/mol. The van der Waals surface area contributed by atoms with Crippen molar-refractivity contribution in [1.82, 2.24) is 9.55 Å². The number of hydrogen-bond donors (Lipinski definition) is 1. The van der Waals surface area contributed by atoms with Gasteiger partial charge in [-0.3, -0.25) is 9.36 Å². The van der Waals surface area contributed by atoms with Crippen molar-refractivity contribution >= 4 is 11.6 Å². The fourth-order valence-electron chi connectivity index (χ4n) is 2.01. The van der Waals surface area contributed by atoms with E-state index in [0.29, 0.717) is 22.9 Å². The minimum atomic E-state index is -0.788. The average Bonchev–Trinajstić information content (AvgIpc) is 2.50. The maximum atomic E-state index is 12.0. The van der Waals surface area contributed by atoms with Gasteiger partial charge in [0.15, 0.2) is 0 Å². The molecule has 0 unspecified atom stereocenters. The van der Waals surface area contributed by atoms with Gasteiger partial charge in [-0.2, -0.15) is 0 Å². The first-order valence-corrected chi connectivity index (χ1v) is 7.38. The van der Waals surface area contributed by atoms with Crippen LogP contribution in [0.2, 0.25) is 5.02 Å². The molecule has 22 heavy (non-hydrogen) atoms. The highest BCUT2D eigenvalue weighted by Gasteiger charge is 2.10. The molecule has 0 aliphatic rings. The molecule has 2 rings (SSSR count). The predicted molar refractivity (Wildman–Crippen MR) is 85.1 cm³/mol. The summed E-state index contributed by atoms with van der Waals surface area (Å²) in [5, 5.41) is 10.6. The molecule has 0 saturated carbocycles. The average molecular weight is 323 g/mol. The second-order valence-electron chi connectivity index (χ2n) is 5.17. The second kappa shape index (κ2) is 7.54. The number of aliphatic hydroxyl groups is 1. The first-order chi connectivity index (χ1) is 10.5. The van der Waals surface area contributed by atoms with E-state index in [2.05, 4.69) is 4.98 Å². The Balaban J connectivity index is 1.89. The lowest BCUT2D eigenvalue weighted by molar-refractivity contribution is 0.0197. The number of hydrogen-bond acceptors (Lipinski definition) is 4. The number of aliphatic hydroxyl groups excluding tert-OH is 1. The summed E-state index contributed by atoms with van der Waals surface area (Å²) in [6.45, 7) is 4.09. The third-order valence-electron chi connectivity index (χ3n) is 3.45. The molecule has 0 aliphatic carbocycles. The van der Waals surface area contributed by atoms with Crippen molar-refractivity contribution in [1.29, 1.82) is 0 Å². The van der Waals surface area contributed by atoms with Crippen LogP contribution < -0.4 is 5.56 Å². The molecule has 0 spiro atoms. The van der Waals surface area contributed by atoms with Gasteiger partial charge in [-0.25, -0.2) is 4.98 Å². The molecule has 6 heteroatoms. The summed E-state index contributed by atoms with van der Waals surface area (Å²) >= 11 is 6.03. The first-order valence-electron chi connectivity index (χ1n) is 7.01. The molecule has 0 amide bonds. The molecular formula is C16H19ClN2O3. The van der Waals surface area contributed by atoms with E-state index >= 15 is 0 Å². The molecule has 5 nitrogen and oxygen atoms in total. The highest BCUT2D eigenvalue weighted by atomic mass is 35.5. The van der Waals surface area contributed by atoms with Crippen molar-refractivity contribution in [3.63, 3.8) is 0 Å². The molecule has 0 radical (unpaired) electrons. The van der Waals surface area contributed by atoms with Crippen LogP contribution >= 0.6 is 11.6 Å². The van der Waals surface area contributed by atoms with Crippen LogP contribution in [-0.2, 0) is 17.9 Å². The fraction of sp³-hybridized carbons (Fsp3) is 0.375. The van der Waals surface area contributed by atoms with Gasteiger partial charge in [-0.1, -0.05) is 29.8 Å². The molecule has 118 valence electrons. The number of halogens is 1. The minimum Gasteiger partial charge on any atom is -0.389 e. The Morgan fingerprint density at radius 2 is 2.09 bits per heavy atom. The van der Waals surface area contributed by atoms with Crippen molar-refractivity contribution in [3.05, 3.63) is 62.8 Å². The van der Waals surface area contributed by atoms with Crippen molar-refractivity contribution in [2.75, 3.05) is 6.61 Å². The third kappa shape index (κ3) is 4.16. The maximum absolute atomic E-state index is 12.0. The van der Waals surface area contributed by atoms with E-state index in [1.165, 1.54) is 10.9 Å². The Labute approximate surface area is 134 Å². The van der Waals surface area contributed by atoms with E-state index in [4.69, 9.17) is 16.3 Å². The van der Waals surface area contributed by atoms with Gasteiger partial charge in [-0.05, 0) is 25.5 Å². The van der Waals surface area contributed by atoms with Gasteiger partial charge < -0.3 is 9.84 Å². The summed E-state index contributed by atoms with van der Waals surface area (Å²) in [4.78, 5) is 16.1. The summed E-state index contributed by atoms with van der Waals surface area (Å²) in [5.74, 6) is 0. The smallest absolute Gasteiger partial charge is 0.256 e. The van der Waals surface area contributed by atoms with Crippen molar-refractivity contribution in [2.45, 2.75) is 33.1 Å². The van der Waals surface area contributed by atoms with Crippen LogP contribution in [0.3, 0.4) is 0 Å². The lowest BCUT2D eigenvalue weighted by atomic mass is 10.2. The zero-order valence-corrected chi connectivity index (χ0v) is 13.4. The highest BCUT2D eigenvalue weighted by molar-refractivity contribution is 6.31. The zero-order chi connectivity index (χ0) is 16.1. The van der Waals surface area contributed by atoms with Crippen molar-refractivity contribution in [2.24, 2.45) is 0 Å². The summed E-state index contributed by atoms with van der Waals surface area (Å²) in [6.07, 6.45) is 0.659. The number of rotatable bonds is 6. The molecule has 0 bridgehead atoms. The molecule has 0 saturated heterocycles. The Hall–Kier alpha value is -1.69. The van der Waals surface area contributed by atoms with Crippen LogP contribution in [0.1, 0.15) is 16.8 Å². The molecule has 0 aliphatic heterocycles. The number of nitrogens with zero attached hydrogens (tertiary/aromatic N) is 2. The second-order valence-corrected chi connectivity index (χ2v) is 5.58. The third-order valence-corrected chi connectivity index (χ3v) is 3.82. The van der Waals surface area contributed by atoms with Crippen LogP contribution in [0.5, 0.6) is 0 Å². The number of ether oxygens (including phenoxy) is 1. The van der Waals surface area contributed by atoms with Gasteiger partial charge in [0.1, 0.15) is 0 Å². The van der Waals surface area contributed by atoms with Gasteiger partial charge in [0, 0.05) is 16.3 Å². The number of aryl methyl sites for hydroxylation is 1. The van der Waals surface area contributed by atoms with Crippen LogP contribution in [-0.4, -0.2) is 27.4 Å². The Morgan fingerprint density at radius 3 is 2.82 bits per heavy atom. The van der Waals surface area contributed by atoms with E-state index < -0.39 is 6.10 Å². The normalized spacial score (nSPS) is 12.4. The summed E-state index contributed by atoms with van der Waals surface area (Å²) in [6, 6.07) is 7.38. The fourth-order valence-corrected chi connectivity index (χ4v) is 2.20. The minimum absolute atomic E-state index is 0.116. The Bertz CT molecular complexity index is 700. The molecule has 1 aromatic heterocycles. The van der Waals surface area contributed by atoms with E-state index in [0.717, 1.165) is 5.56 Å². The van der Waals surface area contributed by atoms with Crippen molar-refractivity contribution in [3.8, 4) is 0 Å². The van der Waals surface area contributed by atoms with E-state index in [1.807, 2.05) is 18.2 Å². The SMILES string of the molecule is Cc1ncn(C[C@H](O)COCc2ccccc2Cl)c(=O)c1C. The zero-order valence-electron chi connectivity index (χ0n) is 12.6. The van der Waals surface area contributed by atoms with Gasteiger partial charge >= 0.3 is 0 Å². The van der Waals surface area contributed by atoms with Gasteiger partial charge in [0.2, 0.25) is 0 Å². The van der Waals surface area contributed by atoms with Crippen LogP contribution in [0.4, 0.5) is 0 Å². The number of aromatic nitrogens is 2. The van der Waals surface area contributed by atoms with Crippen LogP contribution in [0, 0.1) is 13.8 Å². The molecule has 0 fully saturated rings. The Morgan fingerprint density at radius 1 is 1.36 bits per heavy atom. The monoisotopic (exact) mass is 322 g/mol. The van der Waals surface area contributed by atoms with Gasteiger partial charge in [-0.15, -0.1) is 0 Å². The molecule has 1 aromatic carbocycles. The topological polar surface area (TPSA) is 64.3 Å². The predicted octanol–water partition coefficient (Wildman–Crippen LogP) is 2.09. The van der Waals surface area contributed by atoms with E-state index in [-0.39, 0.29) is 18.7 Å². The molecule has 2 aromatic rings. The largest absolute Gasteiger partial charge is 0.389 e. The summed E-state index contributed by atoms with van der Waals surface area (Å²) in [5.41, 5.74) is 2.01. The van der Waals surface area contributed by atoms with Gasteiger partial charge in [0.25, 0.3) is 5.56 Å². The van der Waals surface area contributed by atoms with Crippen LogP contribution in [0.15, 0.2) is 35.4 Å². The lowest BCUT2D eigenvalue weighted by Gasteiger charge is -2.14.